The fourth-order valence-electron chi connectivity index (χ4n) is 2.65. The van der Waals surface area contributed by atoms with E-state index in [1.54, 1.807) is 11.8 Å². The monoisotopic (exact) mass is 356 g/mol. The van der Waals surface area contributed by atoms with Crippen LogP contribution in [0.1, 0.15) is 12.2 Å². The number of rotatable bonds is 9. The van der Waals surface area contributed by atoms with Crippen molar-refractivity contribution in [1.29, 1.82) is 0 Å². The number of benzene rings is 1. The third kappa shape index (κ3) is 5.21. The van der Waals surface area contributed by atoms with Gasteiger partial charge in [0, 0.05) is 19.3 Å². The highest BCUT2D eigenvalue weighted by atomic mass is 32.2. The van der Waals surface area contributed by atoms with E-state index in [0.717, 1.165) is 42.0 Å². The maximum Gasteiger partial charge on any atom is 0.191 e. The number of hydrogen-bond acceptors (Lipinski definition) is 5. The van der Waals surface area contributed by atoms with Gasteiger partial charge in [-0.25, -0.2) is 0 Å². The lowest BCUT2D eigenvalue weighted by Gasteiger charge is -2.16. The smallest absolute Gasteiger partial charge is 0.191 e. The normalized spacial score (nSPS) is 13.5. The first kappa shape index (κ1) is 17.8. The zero-order valence-corrected chi connectivity index (χ0v) is 15.6. The molecule has 0 atom stereocenters. The summed E-state index contributed by atoms with van der Waals surface area (Å²) in [6.45, 7) is 2.38. The average Bonchev–Trinajstić information content (AvgIpc) is 3.24. The molecule has 0 spiro atoms. The summed E-state index contributed by atoms with van der Waals surface area (Å²) in [7, 11) is 4.14. The first-order valence-corrected chi connectivity index (χ1v) is 9.44. The van der Waals surface area contributed by atoms with Crippen LogP contribution in [0.15, 0.2) is 59.3 Å². The summed E-state index contributed by atoms with van der Waals surface area (Å²) in [5, 5.41) is 9.58. The molecule has 0 saturated heterocycles. The number of nitrogens with zero attached hydrogens (tertiary/aromatic N) is 4. The Labute approximate surface area is 153 Å². The standard InChI is InChI=1S/C19H24N4OS/c1-22(14-16-8-6-7-9-16)15-18-20-21-19(23(18)2)25-13-12-24-17-10-4-3-5-11-17/h3-6,8-11H,7,12-15H2,1-2H3. The van der Waals surface area contributed by atoms with Crippen LogP contribution in [0.2, 0.25) is 0 Å². The van der Waals surface area contributed by atoms with Crippen molar-refractivity contribution in [2.24, 2.45) is 7.05 Å². The van der Waals surface area contributed by atoms with Gasteiger partial charge in [0.2, 0.25) is 0 Å². The second-order valence-electron chi connectivity index (χ2n) is 6.06. The van der Waals surface area contributed by atoms with E-state index >= 15 is 0 Å². The molecule has 1 aromatic carbocycles. The second-order valence-corrected chi connectivity index (χ2v) is 7.12. The van der Waals surface area contributed by atoms with Crippen LogP contribution in [-0.2, 0) is 13.6 Å². The molecule has 1 aliphatic rings. The number of ether oxygens (including phenoxy) is 1. The molecule has 0 fully saturated rings. The highest BCUT2D eigenvalue weighted by molar-refractivity contribution is 7.99. The van der Waals surface area contributed by atoms with Gasteiger partial charge >= 0.3 is 0 Å². The van der Waals surface area contributed by atoms with Crippen LogP contribution in [-0.4, -0.2) is 45.6 Å². The van der Waals surface area contributed by atoms with Crippen molar-refractivity contribution >= 4 is 11.8 Å². The molecule has 3 rings (SSSR count). The summed E-state index contributed by atoms with van der Waals surface area (Å²) in [6.07, 6.45) is 7.71. The molecule has 25 heavy (non-hydrogen) atoms. The average molecular weight is 356 g/mol. The summed E-state index contributed by atoms with van der Waals surface area (Å²) in [5.74, 6) is 2.73. The zero-order valence-electron chi connectivity index (χ0n) is 14.8. The molecule has 0 amide bonds. The largest absolute Gasteiger partial charge is 0.493 e. The fraction of sp³-hybridized carbons (Fsp3) is 0.368. The molecule has 1 heterocycles. The van der Waals surface area contributed by atoms with Crippen molar-refractivity contribution in [3.8, 4) is 5.75 Å². The van der Waals surface area contributed by atoms with E-state index < -0.39 is 0 Å². The van der Waals surface area contributed by atoms with Crippen molar-refractivity contribution in [2.45, 2.75) is 18.1 Å². The van der Waals surface area contributed by atoms with E-state index in [4.69, 9.17) is 4.74 Å². The Balaban J connectivity index is 1.44. The number of aromatic nitrogens is 3. The molecule has 0 bridgehead atoms. The van der Waals surface area contributed by atoms with Gasteiger partial charge in [-0.05, 0) is 31.2 Å². The summed E-state index contributed by atoms with van der Waals surface area (Å²) in [6, 6.07) is 9.88. The first-order chi connectivity index (χ1) is 12.2. The Morgan fingerprint density at radius 1 is 1.20 bits per heavy atom. The van der Waals surface area contributed by atoms with E-state index in [1.807, 2.05) is 37.4 Å². The van der Waals surface area contributed by atoms with E-state index in [2.05, 4.69) is 44.9 Å². The van der Waals surface area contributed by atoms with Crippen LogP contribution in [0.5, 0.6) is 5.75 Å². The van der Waals surface area contributed by atoms with Gasteiger partial charge in [0.15, 0.2) is 5.16 Å². The highest BCUT2D eigenvalue weighted by Crippen LogP contribution is 2.17. The van der Waals surface area contributed by atoms with E-state index in [1.165, 1.54) is 5.57 Å². The van der Waals surface area contributed by atoms with Crippen molar-refractivity contribution in [3.05, 3.63) is 60.0 Å². The number of thioether (sulfide) groups is 1. The zero-order chi connectivity index (χ0) is 17.5. The predicted octanol–water partition coefficient (Wildman–Crippen LogP) is 3.30. The van der Waals surface area contributed by atoms with Gasteiger partial charge in [0.25, 0.3) is 0 Å². The SMILES string of the molecule is CN(CC1=CCC=C1)Cc1nnc(SCCOc2ccccc2)n1C. The Bertz CT molecular complexity index is 739. The third-order valence-electron chi connectivity index (χ3n) is 3.96. The van der Waals surface area contributed by atoms with Crippen LogP contribution in [0.4, 0.5) is 0 Å². The maximum atomic E-state index is 5.71. The molecule has 132 valence electrons. The molecule has 0 unspecified atom stereocenters. The second kappa shape index (κ2) is 8.87. The van der Waals surface area contributed by atoms with Gasteiger partial charge in [0.05, 0.1) is 13.2 Å². The quantitative estimate of drug-likeness (QED) is 0.509. The van der Waals surface area contributed by atoms with Crippen molar-refractivity contribution in [1.82, 2.24) is 19.7 Å². The molecular formula is C19H24N4OS. The lowest BCUT2D eigenvalue weighted by Crippen LogP contribution is -2.22. The van der Waals surface area contributed by atoms with E-state index in [9.17, 15) is 0 Å². The van der Waals surface area contributed by atoms with Crippen molar-refractivity contribution in [2.75, 3.05) is 26.0 Å². The number of hydrogen-bond donors (Lipinski definition) is 0. The summed E-state index contributed by atoms with van der Waals surface area (Å²) in [4.78, 5) is 2.26. The van der Waals surface area contributed by atoms with Gasteiger partial charge < -0.3 is 9.30 Å². The van der Waals surface area contributed by atoms with Crippen LogP contribution < -0.4 is 4.74 Å². The topological polar surface area (TPSA) is 43.2 Å². The number of likely N-dealkylation sites (N-methyl/N-ethyl adjacent to an activating group) is 1. The first-order valence-electron chi connectivity index (χ1n) is 8.45. The van der Waals surface area contributed by atoms with Crippen molar-refractivity contribution in [3.63, 3.8) is 0 Å². The van der Waals surface area contributed by atoms with E-state index in [-0.39, 0.29) is 0 Å². The van der Waals surface area contributed by atoms with Crippen molar-refractivity contribution < 1.29 is 4.74 Å². The molecule has 1 aliphatic carbocycles. The van der Waals surface area contributed by atoms with Gasteiger partial charge in [-0.1, -0.05) is 48.2 Å². The molecule has 0 radical (unpaired) electrons. The molecule has 2 aromatic rings. The minimum absolute atomic E-state index is 0.650. The van der Waals surface area contributed by atoms with Gasteiger partial charge in [-0.2, -0.15) is 0 Å². The summed E-state index contributed by atoms with van der Waals surface area (Å²) >= 11 is 1.67. The lowest BCUT2D eigenvalue weighted by atomic mass is 10.3. The summed E-state index contributed by atoms with van der Waals surface area (Å²) in [5.41, 5.74) is 1.37. The van der Waals surface area contributed by atoms with Crippen LogP contribution in [0, 0.1) is 0 Å². The molecule has 0 N–H and O–H groups in total. The predicted molar refractivity (Wildman–Crippen MR) is 102 cm³/mol. The third-order valence-corrected chi connectivity index (χ3v) is 4.95. The maximum absolute atomic E-state index is 5.71. The number of allylic oxidation sites excluding steroid dienone is 2. The summed E-state index contributed by atoms with van der Waals surface area (Å²) < 4.78 is 7.79. The molecule has 0 aliphatic heterocycles. The molecular weight excluding hydrogens is 332 g/mol. The van der Waals surface area contributed by atoms with Gasteiger partial charge in [-0.3, -0.25) is 4.90 Å². The van der Waals surface area contributed by atoms with Crippen LogP contribution in [0.3, 0.4) is 0 Å². The highest BCUT2D eigenvalue weighted by Gasteiger charge is 2.12. The Morgan fingerprint density at radius 2 is 2.04 bits per heavy atom. The minimum atomic E-state index is 0.650. The molecule has 6 heteroatoms. The Morgan fingerprint density at radius 3 is 2.80 bits per heavy atom. The van der Waals surface area contributed by atoms with E-state index in [0.29, 0.717) is 6.61 Å². The minimum Gasteiger partial charge on any atom is -0.493 e. The van der Waals surface area contributed by atoms with Gasteiger partial charge in [0.1, 0.15) is 11.6 Å². The van der Waals surface area contributed by atoms with Gasteiger partial charge in [-0.15, -0.1) is 10.2 Å². The van der Waals surface area contributed by atoms with Crippen LogP contribution in [0.25, 0.3) is 0 Å². The fourth-order valence-corrected chi connectivity index (χ4v) is 3.40. The molecule has 0 saturated carbocycles. The molecule has 1 aromatic heterocycles. The van der Waals surface area contributed by atoms with Crippen LogP contribution >= 0.6 is 11.8 Å². The number of para-hydroxylation sites is 1. The molecule has 5 nitrogen and oxygen atoms in total. The Hall–Kier alpha value is -2.05. The lowest BCUT2D eigenvalue weighted by molar-refractivity contribution is 0.341. The Kier molecular flexibility index (Phi) is 6.30.